The smallest absolute Gasteiger partial charge is 0.428 e. The van der Waals surface area contributed by atoms with Gasteiger partial charge in [-0.2, -0.15) is 17.6 Å². The Morgan fingerprint density at radius 2 is 1.82 bits per heavy atom. The van der Waals surface area contributed by atoms with Gasteiger partial charge in [-0.3, -0.25) is 0 Å². The summed E-state index contributed by atoms with van der Waals surface area (Å²) in [7, 11) is 0. The molecule has 0 aliphatic heterocycles. The van der Waals surface area contributed by atoms with Crippen molar-refractivity contribution >= 4 is 12.4 Å². The fraction of sp³-hybridized carbons (Fsp3) is 0.571. The molecule has 1 aliphatic rings. The summed E-state index contributed by atoms with van der Waals surface area (Å²) in [6, 6.07) is 4.47. The molecule has 3 nitrogen and oxygen atoms in total. The number of nitrogens with two attached hydrogens (primary N) is 1. The first kappa shape index (κ1) is 19.0. The summed E-state index contributed by atoms with van der Waals surface area (Å²) >= 11 is 0. The van der Waals surface area contributed by atoms with E-state index in [2.05, 4.69) is 4.74 Å². The highest BCUT2D eigenvalue weighted by Gasteiger charge is 2.44. The van der Waals surface area contributed by atoms with Gasteiger partial charge in [-0.1, -0.05) is 24.6 Å². The van der Waals surface area contributed by atoms with E-state index in [0.29, 0.717) is 0 Å². The van der Waals surface area contributed by atoms with Gasteiger partial charge < -0.3 is 15.6 Å². The van der Waals surface area contributed by atoms with Crippen molar-refractivity contribution in [3.8, 4) is 5.75 Å². The lowest BCUT2D eigenvalue weighted by atomic mass is 9.77. The number of para-hydroxylation sites is 1. The molecule has 0 saturated heterocycles. The summed E-state index contributed by atoms with van der Waals surface area (Å²) in [5, 5.41) is 10.1. The first-order valence-electron chi connectivity index (χ1n) is 6.70. The summed E-state index contributed by atoms with van der Waals surface area (Å²) in [6.45, 7) is 0. The third kappa shape index (κ3) is 4.02. The van der Waals surface area contributed by atoms with Gasteiger partial charge in [0, 0.05) is 5.56 Å². The van der Waals surface area contributed by atoms with Crippen LogP contribution in [0.1, 0.15) is 30.9 Å². The van der Waals surface area contributed by atoms with E-state index in [1.165, 1.54) is 18.2 Å². The number of aliphatic hydroxyl groups excluding tert-OH is 1. The van der Waals surface area contributed by atoms with Crippen molar-refractivity contribution in [3.05, 3.63) is 29.8 Å². The normalized spacial score (nSPS) is 18.3. The number of rotatable bonds is 6. The molecular formula is C14H18ClF4NO2. The molecular weight excluding hydrogens is 326 g/mol. The first-order chi connectivity index (χ1) is 9.83. The molecule has 1 saturated carbocycles. The van der Waals surface area contributed by atoms with Crippen molar-refractivity contribution < 1.29 is 27.4 Å². The van der Waals surface area contributed by atoms with Crippen LogP contribution in [-0.2, 0) is 0 Å². The van der Waals surface area contributed by atoms with Crippen molar-refractivity contribution in [2.75, 3.05) is 0 Å². The van der Waals surface area contributed by atoms with Crippen LogP contribution < -0.4 is 10.5 Å². The van der Waals surface area contributed by atoms with Crippen LogP contribution in [0.2, 0.25) is 0 Å². The Hall–Kier alpha value is -1.05. The number of hydrogen-bond acceptors (Lipinski definition) is 3. The van der Waals surface area contributed by atoms with Crippen LogP contribution in [0.25, 0.3) is 0 Å². The molecule has 0 unspecified atom stereocenters. The average Bonchev–Trinajstić information content (AvgIpc) is 2.35. The molecule has 0 bridgehead atoms. The van der Waals surface area contributed by atoms with Crippen LogP contribution >= 0.6 is 12.4 Å². The van der Waals surface area contributed by atoms with Crippen LogP contribution in [0.3, 0.4) is 0 Å². The number of benzene rings is 1. The Morgan fingerprint density at radius 1 is 1.23 bits per heavy atom. The lowest BCUT2D eigenvalue weighted by Crippen LogP contribution is -2.38. The highest BCUT2D eigenvalue weighted by Crippen LogP contribution is 2.38. The second-order valence-corrected chi connectivity index (χ2v) is 5.21. The van der Waals surface area contributed by atoms with Crippen molar-refractivity contribution in [3.63, 3.8) is 0 Å². The standard InChI is InChI=1S/C14H17F4NO2.ClH/c15-13(16)14(17,18)21-10-7-2-1-6-9(10)11(19)12(20)8-4-3-5-8;/h1-2,6-8,11-13,20H,3-5,19H2;1H/t11-,12+;/m0./s1. The molecule has 3 N–H and O–H groups in total. The minimum absolute atomic E-state index is 0. The predicted octanol–water partition coefficient (Wildman–Crippen LogP) is 3.51. The zero-order valence-electron chi connectivity index (χ0n) is 11.6. The topological polar surface area (TPSA) is 55.5 Å². The fourth-order valence-corrected chi connectivity index (χ4v) is 2.30. The second kappa shape index (κ2) is 7.48. The maximum Gasteiger partial charge on any atom is 0.461 e. The molecule has 0 aromatic heterocycles. The predicted molar refractivity (Wildman–Crippen MR) is 75.5 cm³/mol. The second-order valence-electron chi connectivity index (χ2n) is 5.21. The van der Waals surface area contributed by atoms with Crippen molar-refractivity contribution in [1.82, 2.24) is 0 Å². The number of halogens is 5. The number of hydrogen-bond donors (Lipinski definition) is 2. The molecule has 126 valence electrons. The molecule has 0 radical (unpaired) electrons. The van der Waals surface area contributed by atoms with E-state index < -0.39 is 30.4 Å². The monoisotopic (exact) mass is 343 g/mol. The Bertz CT molecular complexity index is 486. The molecule has 2 atom stereocenters. The number of aliphatic hydroxyl groups is 1. The van der Waals surface area contributed by atoms with Crippen LogP contribution in [0, 0.1) is 5.92 Å². The van der Waals surface area contributed by atoms with E-state index in [1.807, 2.05) is 0 Å². The van der Waals surface area contributed by atoms with Crippen LogP contribution in [-0.4, -0.2) is 23.7 Å². The molecule has 1 aromatic rings. The third-order valence-corrected chi connectivity index (χ3v) is 3.78. The minimum atomic E-state index is -4.60. The van der Waals surface area contributed by atoms with Gasteiger partial charge in [0.05, 0.1) is 12.1 Å². The number of ether oxygens (including phenoxy) is 1. The zero-order chi connectivity index (χ0) is 15.6. The van der Waals surface area contributed by atoms with Crippen molar-refractivity contribution in [2.24, 2.45) is 11.7 Å². The molecule has 0 spiro atoms. The van der Waals surface area contributed by atoms with Gasteiger partial charge in [-0.25, -0.2) is 0 Å². The van der Waals surface area contributed by atoms with E-state index in [-0.39, 0.29) is 23.9 Å². The minimum Gasteiger partial charge on any atom is -0.428 e. The zero-order valence-corrected chi connectivity index (χ0v) is 12.4. The maximum absolute atomic E-state index is 13.0. The number of alkyl halides is 4. The quantitative estimate of drug-likeness (QED) is 0.777. The van der Waals surface area contributed by atoms with Gasteiger partial charge in [0.1, 0.15) is 5.75 Å². The molecule has 0 heterocycles. The van der Waals surface area contributed by atoms with E-state index >= 15 is 0 Å². The molecule has 0 amide bonds. The Labute approximate surface area is 131 Å². The molecule has 8 heteroatoms. The van der Waals surface area contributed by atoms with Gasteiger partial charge in [-0.05, 0) is 24.8 Å². The Kier molecular flexibility index (Phi) is 6.46. The summed E-state index contributed by atoms with van der Waals surface area (Å²) in [5.41, 5.74) is 5.98. The molecule has 1 fully saturated rings. The summed E-state index contributed by atoms with van der Waals surface area (Å²) in [4.78, 5) is 0. The van der Waals surface area contributed by atoms with Gasteiger partial charge in [0.15, 0.2) is 0 Å². The maximum atomic E-state index is 13.0. The van der Waals surface area contributed by atoms with Gasteiger partial charge in [0.2, 0.25) is 0 Å². The summed E-state index contributed by atoms with van der Waals surface area (Å²) < 4.78 is 54.6. The summed E-state index contributed by atoms with van der Waals surface area (Å²) in [6.07, 6.45) is -6.86. The van der Waals surface area contributed by atoms with Gasteiger partial charge >= 0.3 is 12.5 Å². The Morgan fingerprint density at radius 3 is 2.32 bits per heavy atom. The first-order valence-corrected chi connectivity index (χ1v) is 6.70. The van der Waals surface area contributed by atoms with Crippen LogP contribution in [0.4, 0.5) is 17.6 Å². The van der Waals surface area contributed by atoms with E-state index in [4.69, 9.17) is 5.73 Å². The summed E-state index contributed by atoms with van der Waals surface area (Å²) in [5.74, 6) is -0.433. The van der Waals surface area contributed by atoms with Gasteiger partial charge in [-0.15, -0.1) is 12.4 Å². The van der Waals surface area contributed by atoms with Crippen molar-refractivity contribution in [2.45, 2.75) is 43.9 Å². The molecule has 2 rings (SSSR count). The lowest BCUT2D eigenvalue weighted by Gasteiger charge is -2.34. The lowest BCUT2D eigenvalue weighted by molar-refractivity contribution is -0.253. The van der Waals surface area contributed by atoms with Gasteiger partial charge in [0.25, 0.3) is 0 Å². The largest absolute Gasteiger partial charge is 0.461 e. The van der Waals surface area contributed by atoms with E-state index in [0.717, 1.165) is 25.3 Å². The van der Waals surface area contributed by atoms with E-state index in [1.54, 1.807) is 0 Å². The fourth-order valence-electron chi connectivity index (χ4n) is 2.30. The van der Waals surface area contributed by atoms with E-state index in [9.17, 15) is 22.7 Å². The Balaban J connectivity index is 0.00000242. The molecule has 1 aliphatic carbocycles. The highest BCUT2D eigenvalue weighted by atomic mass is 35.5. The molecule has 22 heavy (non-hydrogen) atoms. The van der Waals surface area contributed by atoms with Crippen molar-refractivity contribution in [1.29, 1.82) is 0 Å². The van der Waals surface area contributed by atoms with Crippen LogP contribution in [0.5, 0.6) is 5.75 Å². The SMILES string of the molecule is Cl.N[C@@H](c1ccccc1OC(F)(F)C(F)F)[C@H](O)C1CCC1. The van der Waals surface area contributed by atoms with Crippen LogP contribution in [0.15, 0.2) is 24.3 Å². The average molecular weight is 344 g/mol. The highest BCUT2D eigenvalue weighted by molar-refractivity contribution is 5.85. The third-order valence-electron chi connectivity index (χ3n) is 3.78. The molecule has 1 aromatic carbocycles.